The van der Waals surface area contributed by atoms with Crippen molar-refractivity contribution in [2.45, 2.75) is 0 Å². The molecule has 0 spiro atoms. The lowest BCUT2D eigenvalue weighted by Gasteiger charge is -2.01. The second-order valence-corrected chi connectivity index (χ2v) is 6.26. The van der Waals surface area contributed by atoms with E-state index < -0.39 is 46.0 Å². The van der Waals surface area contributed by atoms with Gasteiger partial charge in [-0.25, -0.2) is 17.6 Å². The van der Waals surface area contributed by atoms with Crippen LogP contribution in [0, 0.1) is 23.3 Å². The van der Waals surface area contributed by atoms with Crippen LogP contribution in [0.2, 0.25) is 0 Å². The highest BCUT2D eigenvalue weighted by molar-refractivity contribution is 6.07. The average molecular weight is 410 g/mol. The topological polar surface area (TPSA) is 34.1 Å². The summed E-state index contributed by atoms with van der Waals surface area (Å²) in [6.45, 7) is 0. The van der Waals surface area contributed by atoms with Crippen molar-refractivity contribution in [1.82, 2.24) is 0 Å². The molecule has 0 aromatic heterocycles. The molecule has 150 valence electrons. The molecule has 0 radical (unpaired) electrons. The van der Waals surface area contributed by atoms with Crippen molar-refractivity contribution < 1.29 is 27.2 Å². The maximum atomic E-state index is 13.6. The van der Waals surface area contributed by atoms with E-state index in [0.717, 1.165) is 36.4 Å². The van der Waals surface area contributed by atoms with E-state index in [-0.39, 0.29) is 0 Å². The molecule has 0 heterocycles. The number of carbonyl (C=O) groups is 2. The molecule has 0 amide bonds. The fourth-order valence-electron chi connectivity index (χ4n) is 2.70. The highest BCUT2D eigenvalue weighted by Crippen LogP contribution is 2.16. The fourth-order valence-corrected chi connectivity index (χ4v) is 2.70. The second-order valence-electron chi connectivity index (χ2n) is 6.26. The monoisotopic (exact) mass is 410 g/mol. The smallest absolute Gasteiger partial charge is 0.191 e. The van der Waals surface area contributed by atoms with Crippen LogP contribution in [-0.2, 0) is 0 Å². The van der Waals surface area contributed by atoms with Crippen molar-refractivity contribution in [1.29, 1.82) is 0 Å². The van der Waals surface area contributed by atoms with Crippen LogP contribution in [0.4, 0.5) is 17.6 Å². The van der Waals surface area contributed by atoms with Gasteiger partial charge in [0.2, 0.25) is 0 Å². The van der Waals surface area contributed by atoms with E-state index >= 15 is 0 Å². The maximum Gasteiger partial charge on any atom is 0.191 e. The SMILES string of the molecule is O=C(/C=C/c1ccc(/C=C/C(=O)c2c(F)cccc2F)cc1)c1c(F)cccc1F. The Bertz CT molecular complexity index is 1030. The van der Waals surface area contributed by atoms with Crippen molar-refractivity contribution in [3.63, 3.8) is 0 Å². The second kappa shape index (κ2) is 9.13. The Hall–Kier alpha value is -3.80. The summed E-state index contributed by atoms with van der Waals surface area (Å²) in [5, 5.41) is 0. The zero-order valence-corrected chi connectivity index (χ0v) is 15.4. The van der Waals surface area contributed by atoms with Gasteiger partial charge in [-0.1, -0.05) is 48.6 Å². The summed E-state index contributed by atoms with van der Waals surface area (Å²) in [6.07, 6.45) is 4.89. The number of allylic oxidation sites excluding steroid dienone is 2. The first-order valence-electron chi connectivity index (χ1n) is 8.79. The summed E-state index contributed by atoms with van der Waals surface area (Å²) in [4.78, 5) is 24.0. The number of rotatable bonds is 6. The molecule has 2 nitrogen and oxygen atoms in total. The van der Waals surface area contributed by atoms with Crippen molar-refractivity contribution >= 4 is 23.7 Å². The van der Waals surface area contributed by atoms with Gasteiger partial charge in [0.1, 0.15) is 23.3 Å². The third kappa shape index (κ3) is 4.78. The predicted molar refractivity (Wildman–Crippen MR) is 106 cm³/mol. The number of benzene rings is 3. The number of carbonyl (C=O) groups excluding carboxylic acids is 2. The molecular formula is C24H14F4O2. The minimum Gasteiger partial charge on any atom is -0.289 e. The quantitative estimate of drug-likeness (QED) is 0.282. The number of hydrogen-bond acceptors (Lipinski definition) is 2. The highest BCUT2D eigenvalue weighted by atomic mass is 19.1. The van der Waals surface area contributed by atoms with Gasteiger partial charge in [-0.2, -0.15) is 0 Å². The molecule has 0 saturated heterocycles. The number of hydrogen-bond donors (Lipinski definition) is 0. The van der Waals surface area contributed by atoms with Gasteiger partial charge in [0.15, 0.2) is 11.6 Å². The molecular weight excluding hydrogens is 396 g/mol. The van der Waals surface area contributed by atoms with E-state index in [1.54, 1.807) is 24.3 Å². The zero-order valence-electron chi connectivity index (χ0n) is 15.4. The van der Waals surface area contributed by atoms with Crippen LogP contribution in [-0.4, -0.2) is 11.6 Å². The molecule has 0 aliphatic rings. The minimum atomic E-state index is -0.943. The third-order valence-electron chi connectivity index (χ3n) is 4.21. The highest BCUT2D eigenvalue weighted by Gasteiger charge is 2.15. The van der Waals surface area contributed by atoms with Crippen LogP contribution in [0.1, 0.15) is 31.8 Å². The van der Waals surface area contributed by atoms with E-state index in [1.165, 1.54) is 24.3 Å². The van der Waals surface area contributed by atoms with Gasteiger partial charge >= 0.3 is 0 Å². The lowest BCUT2D eigenvalue weighted by Crippen LogP contribution is -2.02. The van der Waals surface area contributed by atoms with Crippen LogP contribution in [0.25, 0.3) is 12.2 Å². The van der Waals surface area contributed by atoms with E-state index in [9.17, 15) is 27.2 Å². The Morgan fingerprint density at radius 1 is 0.533 bits per heavy atom. The van der Waals surface area contributed by atoms with Crippen molar-refractivity contribution in [3.05, 3.63) is 118 Å². The molecule has 3 rings (SSSR count). The zero-order chi connectivity index (χ0) is 21.7. The fraction of sp³-hybridized carbons (Fsp3) is 0. The van der Waals surface area contributed by atoms with Crippen molar-refractivity contribution in [2.24, 2.45) is 0 Å². The van der Waals surface area contributed by atoms with E-state index in [2.05, 4.69) is 0 Å². The molecule has 3 aromatic carbocycles. The average Bonchev–Trinajstić information content (AvgIpc) is 2.71. The largest absolute Gasteiger partial charge is 0.289 e. The summed E-state index contributed by atoms with van der Waals surface area (Å²) in [7, 11) is 0. The lowest BCUT2D eigenvalue weighted by atomic mass is 10.1. The molecule has 3 aromatic rings. The number of ketones is 2. The molecule has 0 aliphatic heterocycles. The van der Waals surface area contributed by atoms with Gasteiger partial charge in [-0.3, -0.25) is 9.59 Å². The van der Waals surface area contributed by atoms with Crippen LogP contribution in [0.5, 0.6) is 0 Å². The van der Waals surface area contributed by atoms with Gasteiger partial charge in [-0.15, -0.1) is 0 Å². The summed E-state index contributed by atoms with van der Waals surface area (Å²) in [6, 6.07) is 12.8. The first-order valence-corrected chi connectivity index (χ1v) is 8.79. The minimum absolute atomic E-state index is 0.573. The summed E-state index contributed by atoms with van der Waals surface area (Å²) >= 11 is 0. The Labute approximate surface area is 169 Å². The molecule has 0 saturated carbocycles. The summed E-state index contributed by atoms with van der Waals surface area (Å²) in [5.41, 5.74) is -0.119. The van der Waals surface area contributed by atoms with E-state index in [1.807, 2.05) is 0 Å². The lowest BCUT2D eigenvalue weighted by molar-refractivity contribution is 0.103. The van der Waals surface area contributed by atoms with Crippen LogP contribution in [0.3, 0.4) is 0 Å². The predicted octanol–water partition coefficient (Wildman–Crippen LogP) is 6.04. The molecule has 0 aliphatic carbocycles. The summed E-state index contributed by atoms with van der Waals surface area (Å²) < 4.78 is 54.5. The van der Waals surface area contributed by atoms with Gasteiger partial charge in [0, 0.05) is 0 Å². The molecule has 0 atom stereocenters. The molecule has 0 N–H and O–H groups in total. The van der Waals surface area contributed by atoms with Crippen LogP contribution in [0.15, 0.2) is 72.8 Å². The van der Waals surface area contributed by atoms with Crippen molar-refractivity contribution in [3.8, 4) is 0 Å². The Balaban J connectivity index is 1.71. The summed E-state index contributed by atoms with van der Waals surface area (Å²) in [5.74, 6) is -5.40. The Morgan fingerprint density at radius 2 is 0.833 bits per heavy atom. The first kappa shape index (κ1) is 20.9. The van der Waals surface area contributed by atoms with E-state index in [0.29, 0.717) is 11.1 Å². The van der Waals surface area contributed by atoms with Crippen LogP contribution < -0.4 is 0 Å². The van der Waals surface area contributed by atoms with Gasteiger partial charge < -0.3 is 0 Å². The molecule has 0 unspecified atom stereocenters. The molecule has 0 fully saturated rings. The van der Waals surface area contributed by atoms with Gasteiger partial charge in [0.05, 0.1) is 11.1 Å². The maximum absolute atomic E-state index is 13.6. The van der Waals surface area contributed by atoms with Crippen LogP contribution >= 0.6 is 0 Å². The van der Waals surface area contributed by atoms with E-state index in [4.69, 9.17) is 0 Å². The normalized spacial score (nSPS) is 11.3. The van der Waals surface area contributed by atoms with Gasteiger partial charge in [-0.05, 0) is 47.5 Å². The Kier molecular flexibility index (Phi) is 6.37. The Morgan fingerprint density at radius 3 is 1.13 bits per heavy atom. The molecule has 30 heavy (non-hydrogen) atoms. The van der Waals surface area contributed by atoms with Gasteiger partial charge in [0.25, 0.3) is 0 Å². The molecule has 6 heteroatoms. The first-order chi connectivity index (χ1) is 14.4. The molecule has 0 bridgehead atoms. The standard InChI is InChI=1S/C24H14F4O2/c25-17-3-1-4-18(26)23(17)21(29)13-11-15-7-9-16(10-8-15)12-14-22(30)24-19(27)5-2-6-20(24)28/h1-14H/b13-11+,14-12+. The number of halogens is 4. The third-order valence-corrected chi connectivity index (χ3v) is 4.21. The van der Waals surface area contributed by atoms with Crippen molar-refractivity contribution in [2.75, 3.05) is 0 Å².